The fourth-order valence-corrected chi connectivity index (χ4v) is 12.2. The smallest absolute Gasteiger partial charge is 0.0622 e. The Kier molecular flexibility index (Phi) is 10.2. The van der Waals surface area contributed by atoms with E-state index < -0.39 is 5.41 Å². The van der Waals surface area contributed by atoms with Crippen molar-refractivity contribution in [1.82, 2.24) is 0 Å². The van der Waals surface area contributed by atoms with E-state index in [-0.39, 0.29) is 0 Å². The lowest BCUT2D eigenvalue weighted by Gasteiger charge is -2.30. The molecule has 0 radical (unpaired) electrons. The zero-order chi connectivity index (χ0) is 48.3. The van der Waals surface area contributed by atoms with Crippen molar-refractivity contribution < 1.29 is 0 Å². The Morgan fingerprint density at radius 3 is 0.712 bits per heavy atom. The van der Waals surface area contributed by atoms with Crippen LogP contribution in [0.1, 0.15) is 22.3 Å². The molecular weight excluding hydrogens is 877 g/mol. The van der Waals surface area contributed by atoms with Crippen LogP contribution in [0.15, 0.2) is 291 Å². The summed E-state index contributed by atoms with van der Waals surface area (Å²) in [7, 11) is 0. The van der Waals surface area contributed by atoms with E-state index in [2.05, 4.69) is 291 Å². The van der Waals surface area contributed by atoms with Crippen molar-refractivity contribution in [3.63, 3.8) is 0 Å². The van der Waals surface area contributed by atoms with Crippen LogP contribution in [-0.2, 0) is 5.41 Å². The van der Waals surface area contributed by atoms with Gasteiger partial charge >= 0.3 is 0 Å². The third-order valence-corrected chi connectivity index (χ3v) is 15.5. The molecule has 0 aliphatic heterocycles. The average molecular weight is 925 g/mol. The maximum Gasteiger partial charge on any atom is 0.0725 e. The Hall–Kier alpha value is -9.36. The van der Waals surface area contributed by atoms with Crippen molar-refractivity contribution in [3.8, 4) is 111 Å². The van der Waals surface area contributed by atoms with Crippen LogP contribution in [0.3, 0.4) is 0 Å². The quantitative estimate of drug-likeness (QED) is 0.142. The van der Waals surface area contributed by atoms with Crippen molar-refractivity contribution in [2.45, 2.75) is 5.41 Å². The molecule has 0 fully saturated rings. The Bertz CT molecular complexity index is 3810. The second-order valence-electron chi connectivity index (χ2n) is 19.5. The maximum absolute atomic E-state index is 2.40. The molecule has 0 unspecified atom stereocenters. The Morgan fingerprint density at radius 1 is 0.151 bits per heavy atom. The fraction of sp³-hybridized carbons (Fsp3) is 0.0137. The number of rotatable bonds is 8. The number of benzene rings is 12. The molecule has 0 aromatic heterocycles. The van der Waals surface area contributed by atoms with Gasteiger partial charge < -0.3 is 0 Å². The molecule has 12 aromatic carbocycles. The number of hydrogen-bond donors (Lipinski definition) is 0. The zero-order valence-electron chi connectivity index (χ0n) is 40.2. The summed E-state index contributed by atoms with van der Waals surface area (Å²) in [5, 5.41) is 0. The summed E-state index contributed by atoms with van der Waals surface area (Å²) in [5.41, 5.74) is 29.5. The molecule has 0 heterocycles. The summed E-state index contributed by atoms with van der Waals surface area (Å²) in [6.07, 6.45) is 0. The fourth-order valence-electron chi connectivity index (χ4n) is 12.2. The van der Waals surface area contributed by atoms with Crippen LogP contribution < -0.4 is 0 Å². The topological polar surface area (TPSA) is 0 Å². The van der Waals surface area contributed by atoms with Crippen LogP contribution >= 0.6 is 0 Å². The van der Waals surface area contributed by atoms with Gasteiger partial charge in [-0.25, -0.2) is 0 Å². The van der Waals surface area contributed by atoms with Crippen molar-refractivity contribution in [2.24, 2.45) is 0 Å². The Labute approximate surface area is 427 Å². The standard InChI is InChI=1S/C73H48/c1-3-19-49(20-4-1)51-23-11-25-53(43-51)55-27-13-29-57(45-55)59-31-15-33-61(47-59)63-37-17-41-69-71(63)65-35-7-9-39-67(65)73(69)68-40-10-8-36-66(68)72-64(38-18-42-70(72)73)62-34-16-32-60(48-62)58-30-14-28-56(46-58)54-26-12-24-52(44-54)50-21-5-2-6-22-50/h1-48H. The molecule has 0 nitrogen and oxygen atoms in total. The lowest BCUT2D eigenvalue weighted by atomic mass is 9.70. The molecule has 0 heteroatoms. The summed E-state index contributed by atoms with van der Waals surface area (Å²) >= 11 is 0. The monoisotopic (exact) mass is 924 g/mol. The molecule has 12 aromatic rings. The largest absolute Gasteiger partial charge is 0.0725 e. The van der Waals surface area contributed by atoms with Crippen molar-refractivity contribution >= 4 is 0 Å². The summed E-state index contributed by atoms with van der Waals surface area (Å²) in [4.78, 5) is 0. The van der Waals surface area contributed by atoms with E-state index in [0.29, 0.717) is 0 Å². The molecule has 0 N–H and O–H groups in total. The maximum atomic E-state index is 2.40. The van der Waals surface area contributed by atoms with Crippen LogP contribution in [0.5, 0.6) is 0 Å². The average Bonchev–Trinajstić information content (AvgIpc) is 3.96. The highest BCUT2D eigenvalue weighted by atomic mass is 14.5. The van der Waals surface area contributed by atoms with Gasteiger partial charge in [0.25, 0.3) is 0 Å². The third-order valence-electron chi connectivity index (χ3n) is 15.5. The van der Waals surface area contributed by atoms with Gasteiger partial charge in [0.2, 0.25) is 0 Å². The van der Waals surface area contributed by atoms with Gasteiger partial charge in [0.15, 0.2) is 0 Å². The molecule has 2 aliphatic rings. The second kappa shape index (κ2) is 17.5. The van der Waals surface area contributed by atoms with Gasteiger partial charge in [-0.1, -0.05) is 255 Å². The first-order valence-electron chi connectivity index (χ1n) is 25.4. The molecular formula is C73H48. The van der Waals surface area contributed by atoms with Gasteiger partial charge in [0.1, 0.15) is 0 Å². The van der Waals surface area contributed by atoms with E-state index in [0.717, 1.165) is 0 Å². The molecule has 0 atom stereocenters. The summed E-state index contributed by atoms with van der Waals surface area (Å²) in [6, 6.07) is 108. The minimum absolute atomic E-state index is 0.496. The van der Waals surface area contributed by atoms with Crippen LogP contribution in [-0.4, -0.2) is 0 Å². The van der Waals surface area contributed by atoms with Gasteiger partial charge in [-0.2, -0.15) is 0 Å². The Morgan fingerprint density at radius 2 is 0.370 bits per heavy atom. The summed E-state index contributed by atoms with van der Waals surface area (Å²) in [6.45, 7) is 0. The molecule has 0 amide bonds. The highest BCUT2D eigenvalue weighted by Crippen LogP contribution is 2.65. The van der Waals surface area contributed by atoms with Gasteiger partial charge in [0, 0.05) is 0 Å². The highest BCUT2D eigenvalue weighted by Gasteiger charge is 2.52. The number of fused-ring (bicyclic) bond motifs is 10. The third kappa shape index (κ3) is 7.06. The van der Waals surface area contributed by atoms with E-state index in [9.17, 15) is 0 Å². The lowest BCUT2D eigenvalue weighted by molar-refractivity contribution is 0.794. The molecule has 0 saturated carbocycles. The molecule has 1 spiro atoms. The predicted molar refractivity (Wildman–Crippen MR) is 306 cm³/mol. The Balaban J connectivity index is 0.864. The van der Waals surface area contributed by atoms with E-state index in [1.54, 1.807) is 0 Å². The van der Waals surface area contributed by atoms with E-state index in [4.69, 9.17) is 0 Å². The summed E-state index contributed by atoms with van der Waals surface area (Å²) in [5.74, 6) is 0. The molecule has 0 bridgehead atoms. The lowest BCUT2D eigenvalue weighted by Crippen LogP contribution is -2.25. The first-order chi connectivity index (χ1) is 36.2. The van der Waals surface area contributed by atoms with Crippen LogP contribution in [0, 0.1) is 0 Å². The molecule has 340 valence electrons. The second-order valence-corrected chi connectivity index (χ2v) is 19.5. The zero-order valence-corrected chi connectivity index (χ0v) is 40.2. The van der Waals surface area contributed by atoms with E-state index in [1.165, 1.54) is 134 Å². The molecule has 14 rings (SSSR count). The van der Waals surface area contributed by atoms with Gasteiger partial charge in [0.05, 0.1) is 5.41 Å². The number of hydrogen-bond acceptors (Lipinski definition) is 0. The van der Waals surface area contributed by atoms with Crippen molar-refractivity contribution in [2.75, 3.05) is 0 Å². The van der Waals surface area contributed by atoms with Crippen LogP contribution in [0.25, 0.3) is 111 Å². The van der Waals surface area contributed by atoms with Crippen molar-refractivity contribution in [3.05, 3.63) is 313 Å². The minimum atomic E-state index is -0.496. The molecule has 0 saturated heterocycles. The first-order valence-corrected chi connectivity index (χ1v) is 25.4. The molecule has 73 heavy (non-hydrogen) atoms. The minimum Gasteiger partial charge on any atom is -0.0622 e. The van der Waals surface area contributed by atoms with Gasteiger partial charge in [-0.15, -0.1) is 0 Å². The SMILES string of the molecule is c1ccc(-c2cccc(-c3cccc(-c4cccc(-c5cccc6c5-c5ccccc5C65c6ccccc6-c6c(-c7cccc(-c8cccc(-c9cccc(-c%10ccccc%10)c9)c8)c7)cccc65)c4)c3)c2)cc1. The first kappa shape index (κ1) is 42.5. The normalized spacial score (nSPS) is 12.5. The highest BCUT2D eigenvalue weighted by molar-refractivity contribution is 6.03. The predicted octanol–water partition coefficient (Wildman–Crippen LogP) is 19.4. The van der Waals surface area contributed by atoms with Crippen LogP contribution in [0.4, 0.5) is 0 Å². The molecule has 2 aliphatic carbocycles. The van der Waals surface area contributed by atoms with Gasteiger partial charge in [-0.3, -0.25) is 0 Å². The van der Waals surface area contributed by atoms with Crippen LogP contribution in [0.2, 0.25) is 0 Å². The van der Waals surface area contributed by atoms with Gasteiger partial charge in [-0.05, 0) is 170 Å². The summed E-state index contributed by atoms with van der Waals surface area (Å²) < 4.78 is 0. The van der Waals surface area contributed by atoms with E-state index >= 15 is 0 Å². The van der Waals surface area contributed by atoms with E-state index in [1.807, 2.05) is 0 Å². The van der Waals surface area contributed by atoms with Crippen molar-refractivity contribution in [1.29, 1.82) is 0 Å².